The molecule has 0 atom stereocenters. The van der Waals surface area contributed by atoms with E-state index in [1.165, 1.54) is 11.1 Å². The summed E-state index contributed by atoms with van der Waals surface area (Å²) in [6.07, 6.45) is 1.71. The van der Waals surface area contributed by atoms with Crippen molar-refractivity contribution >= 4 is 5.97 Å². The van der Waals surface area contributed by atoms with Gasteiger partial charge in [-0.1, -0.05) is 39.8 Å². The van der Waals surface area contributed by atoms with Crippen LogP contribution in [0.15, 0.2) is 18.2 Å². The van der Waals surface area contributed by atoms with Gasteiger partial charge < -0.3 is 9.84 Å². The van der Waals surface area contributed by atoms with Gasteiger partial charge in [0.2, 0.25) is 0 Å². The smallest absolute Gasteiger partial charge is 0.303 e. The molecule has 0 saturated carbocycles. The molecule has 0 aliphatic heterocycles. The summed E-state index contributed by atoms with van der Waals surface area (Å²) >= 11 is 0. The Labute approximate surface area is 122 Å². The Balaban J connectivity index is 2.75. The van der Waals surface area contributed by atoms with Gasteiger partial charge in [0.1, 0.15) is 5.75 Å². The average molecular weight is 278 g/mol. The van der Waals surface area contributed by atoms with Gasteiger partial charge >= 0.3 is 5.97 Å². The fourth-order valence-corrected chi connectivity index (χ4v) is 2.04. The van der Waals surface area contributed by atoms with Crippen molar-refractivity contribution in [1.82, 2.24) is 0 Å². The molecule has 3 nitrogen and oxygen atoms in total. The van der Waals surface area contributed by atoms with Gasteiger partial charge in [0, 0.05) is 6.42 Å². The molecule has 0 radical (unpaired) electrons. The fourth-order valence-electron chi connectivity index (χ4n) is 2.04. The lowest BCUT2D eigenvalue weighted by molar-refractivity contribution is -0.137. The Bertz CT molecular complexity index is 436. The molecule has 0 aliphatic carbocycles. The number of hydrogen-bond donors (Lipinski definition) is 1. The van der Waals surface area contributed by atoms with Gasteiger partial charge in [-0.05, 0) is 41.9 Å². The summed E-state index contributed by atoms with van der Waals surface area (Å²) in [5, 5.41) is 8.68. The van der Waals surface area contributed by atoms with Crippen LogP contribution in [0.1, 0.15) is 57.6 Å². The summed E-state index contributed by atoms with van der Waals surface area (Å²) in [5.74, 6) is 1.13. The molecule has 0 spiro atoms. The predicted octanol–water partition coefficient (Wildman–Crippen LogP) is 4.25. The fraction of sp³-hybridized carbons (Fsp3) is 0.588. The monoisotopic (exact) mass is 278 g/mol. The van der Waals surface area contributed by atoms with Crippen molar-refractivity contribution < 1.29 is 14.6 Å². The molecular weight excluding hydrogens is 252 g/mol. The molecule has 0 unspecified atom stereocenters. The predicted molar refractivity (Wildman–Crippen MR) is 81.4 cm³/mol. The summed E-state index contributed by atoms with van der Waals surface area (Å²) < 4.78 is 5.86. The number of aryl methyl sites for hydroxylation is 1. The molecule has 1 rings (SSSR count). The highest BCUT2D eigenvalue weighted by molar-refractivity contribution is 5.66. The minimum Gasteiger partial charge on any atom is -0.493 e. The van der Waals surface area contributed by atoms with E-state index in [1.54, 1.807) is 0 Å². The van der Waals surface area contributed by atoms with Gasteiger partial charge in [-0.25, -0.2) is 0 Å². The first-order valence-corrected chi connectivity index (χ1v) is 7.37. The van der Waals surface area contributed by atoms with Crippen LogP contribution in [0, 0.1) is 5.92 Å². The minimum absolute atomic E-state index is 0.225. The maximum absolute atomic E-state index is 10.5. The van der Waals surface area contributed by atoms with E-state index >= 15 is 0 Å². The van der Waals surface area contributed by atoms with Crippen molar-refractivity contribution in [3.8, 4) is 5.75 Å². The van der Waals surface area contributed by atoms with Gasteiger partial charge in [-0.2, -0.15) is 0 Å². The summed E-state index contributed by atoms with van der Waals surface area (Å²) in [4.78, 5) is 10.5. The zero-order valence-electron chi connectivity index (χ0n) is 13.0. The molecule has 1 aromatic rings. The molecule has 0 heterocycles. The first-order chi connectivity index (χ1) is 9.40. The van der Waals surface area contributed by atoms with Crippen LogP contribution in [0.3, 0.4) is 0 Å². The molecule has 1 N–H and O–H groups in total. The van der Waals surface area contributed by atoms with Crippen molar-refractivity contribution in [2.75, 3.05) is 6.61 Å². The van der Waals surface area contributed by atoms with Crippen LogP contribution in [0.4, 0.5) is 0 Å². The van der Waals surface area contributed by atoms with E-state index in [9.17, 15) is 4.79 Å². The Morgan fingerprint density at radius 3 is 2.50 bits per heavy atom. The molecule has 0 amide bonds. The van der Waals surface area contributed by atoms with Crippen LogP contribution in [-0.2, 0) is 11.2 Å². The summed E-state index contributed by atoms with van der Waals surface area (Å²) in [7, 11) is 0. The quantitative estimate of drug-likeness (QED) is 0.773. The topological polar surface area (TPSA) is 46.5 Å². The maximum atomic E-state index is 10.5. The van der Waals surface area contributed by atoms with Crippen molar-refractivity contribution in [2.24, 2.45) is 5.92 Å². The third kappa shape index (κ3) is 5.64. The molecule has 112 valence electrons. The van der Waals surface area contributed by atoms with E-state index in [0.717, 1.165) is 18.8 Å². The van der Waals surface area contributed by atoms with Crippen molar-refractivity contribution in [3.05, 3.63) is 29.3 Å². The first kappa shape index (κ1) is 16.5. The zero-order chi connectivity index (χ0) is 15.1. The van der Waals surface area contributed by atoms with Crippen molar-refractivity contribution in [3.63, 3.8) is 0 Å². The SMILES string of the molecule is CC(C)COc1ccc(CCCC(=O)O)cc1C(C)C. The number of ether oxygens (including phenoxy) is 1. The number of rotatable bonds is 8. The summed E-state index contributed by atoms with van der Waals surface area (Å²) in [5.41, 5.74) is 2.39. The minimum atomic E-state index is -0.731. The number of carboxylic acid groups (broad SMARTS) is 1. The Morgan fingerprint density at radius 2 is 1.95 bits per heavy atom. The lowest BCUT2D eigenvalue weighted by Crippen LogP contribution is -2.07. The van der Waals surface area contributed by atoms with Gasteiger partial charge in [-0.3, -0.25) is 4.79 Å². The number of carbonyl (C=O) groups is 1. The second-order valence-electron chi connectivity index (χ2n) is 5.98. The van der Waals surface area contributed by atoms with Crippen LogP contribution in [0.5, 0.6) is 5.75 Å². The highest BCUT2D eigenvalue weighted by Gasteiger charge is 2.10. The van der Waals surface area contributed by atoms with Gasteiger partial charge in [0.25, 0.3) is 0 Å². The lowest BCUT2D eigenvalue weighted by atomic mass is 9.97. The molecule has 0 fully saturated rings. The molecule has 3 heteroatoms. The van der Waals surface area contributed by atoms with Gasteiger partial charge in [0.15, 0.2) is 0 Å². The maximum Gasteiger partial charge on any atom is 0.303 e. The number of benzene rings is 1. The summed E-state index contributed by atoms with van der Waals surface area (Å²) in [6, 6.07) is 6.22. The molecule has 20 heavy (non-hydrogen) atoms. The Morgan fingerprint density at radius 1 is 1.25 bits per heavy atom. The van der Waals surface area contributed by atoms with Crippen LogP contribution in [0.25, 0.3) is 0 Å². The third-order valence-electron chi connectivity index (χ3n) is 3.12. The van der Waals surface area contributed by atoms with Crippen LogP contribution >= 0.6 is 0 Å². The average Bonchev–Trinajstić information content (AvgIpc) is 2.36. The van der Waals surface area contributed by atoms with Gasteiger partial charge in [0.05, 0.1) is 6.61 Å². The van der Waals surface area contributed by atoms with E-state index in [0.29, 0.717) is 18.3 Å². The highest BCUT2D eigenvalue weighted by Crippen LogP contribution is 2.28. The van der Waals surface area contributed by atoms with Crippen LogP contribution in [0.2, 0.25) is 0 Å². The molecular formula is C17H26O3. The van der Waals surface area contributed by atoms with E-state index < -0.39 is 5.97 Å². The second kappa shape index (κ2) is 7.93. The lowest BCUT2D eigenvalue weighted by Gasteiger charge is -2.16. The zero-order valence-corrected chi connectivity index (χ0v) is 13.0. The number of aliphatic carboxylic acids is 1. The van der Waals surface area contributed by atoms with E-state index in [1.807, 2.05) is 12.1 Å². The van der Waals surface area contributed by atoms with E-state index in [4.69, 9.17) is 9.84 Å². The van der Waals surface area contributed by atoms with Crippen molar-refractivity contribution in [2.45, 2.75) is 52.9 Å². The molecule has 1 aromatic carbocycles. The standard InChI is InChI=1S/C17H26O3/c1-12(2)11-20-16-9-8-14(6-5-7-17(18)19)10-15(16)13(3)4/h8-10,12-13H,5-7,11H2,1-4H3,(H,18,19). The van der Waals surface area contributed by atoms with Crippen LogP contribution in [-0.4, -0.2) is 17.7 Å². The van der Waals surface area contributed by atoms with Crippen molar-refractivity contribution in [1.29, 1.82) is 0 Å². The summed E-state index contributed by atoms with van der Waals surface area (Å²) in [6.45, 7) is 9.29. The third-order valence-corrected chi connectivity index (χ3v) is 3.12. The molecule has 0 aliphatic rings. The highest BCUT2D eigenvalue weighted by atomic mass is 16.5. The van der Waals surface area contributed by atoms with Crippen LogP contribution < -0.4 is 4.74 Å². The largest absolute Gasteiger partial charge is 0.493 e. The first-order valence-electron chi connectivity index (χ1n) is 7.37. The number of hydrogen-bond acceptors (Lipinski definition) is 2. The molecule has 0 bridgehead atoms. The molecule has 0 aromatic heterocycles. The second-order valence-corrected chi connectivity index (χ2v) is 5.98. The Kier molecular flexibility index (Phi) is 6.56. The molecule has 0 saturated heterocycles. The van der Waals surface area contributed by atoms with E-state index in [2.05, 4.69) is 33.8 Å². The van der Waals surface area contributed by atoms with E-state index in [-0.39, 0.29) is 6.42 Å². The number of carboxylic acids is 1. The van der Waals surface area contributed by atoms with Gasteiger partial charge in [-0.15, -0.1) is 0 Å². The Hall–Kier alpha value is -1.51. The normalized spacial score (nSPS) is 11.1.